The molecule has 19 heavy (non-hydrogen) atoms. The van der Waals surface area contributed by atoms with Crippen LogP contribution in [0.15, 0.2) is 0 Å². The van der Waals surface area contributed by atoms with E-state index in [4.69, 9.17) is 4.74 Å². The average Bonchev–Trinajstić information content (AvgIpc) is 3.21. The normalized spacial score (nSPS) is 22.3. The Balaban J connectivity index is 1.44. The van der Waals surface area contributed by atoms with Crippen molar-refractivity contribution in [1.82, 2.24) is 10.2 Å². The number of nitrogens with one attached hydrogen (secondary N) is 1. The molecule has 2 rings (SSSR count). The van der Waals surface area contributed by atoms with Crippen LogP contribution in [0.25, 0.3) is 0 Å². The van der Waals surface area contributed by atoms with Gasteiger partial charge in [0.05, 0.1) is 6.61 Å². The molecule has 0 unspecified atom stereocenters. The van der Waals surface area contributed by atoms with E-state index in [0.29, 0.717) is 0 Å². The molecule has 1 aliphatic carbocycles. The predicted octanol–water partition coefficient (Wildman–Crippen LogP) is 2.51. The van der Waals surface area contributed by atoms with E-state index in [1.54, 1.807) is 0 Å². The Morgan fingerprint density at radius 2 is 1.84 bits per heavy atom. The molecule has 0 atom stereocenters. The zero-order valence-corrected chi connectivity index (χ0v) is 12.9. The van der Waals surface area contributed by atoms with Crippen molar-refractivity contribution in [2.24, 2.45) is 11.8 Å². The predicted molar refractivity (Wildman–Crippen MR) is 80.5 cm³/mol. The molecule has 3 nitrogen and oxygen atoms in total. The third-order valence-electron chi connectivity index (χ3n) is 4.37. The molecule has 0 aromatic heterocycles. The minimum atomic E-state index is 0.758. The van der Waals surface area contributed by atoms with Gasteiger partial charge in [0, 0.05) is 19.2 Å². The summed E-state index contributed by atoms with van der Waals surface area (Å²) in [7, 11) is 0. The summed E-state index contributed by atoms with van der Waals surface area (Å²) in [5, 5.41) is 3.74. The van der Waals surface area contributed by atoms with Gasteiger partial charge in [0.2, 0.25) is 0 Å². The molecule has 1 aliphatic heterocycles. The quantitative estimate of drug-likeness (QED) is 0.650. The van der Waals surface area contributed by atoms with Gasteiger partial charge in [-0.3, -0.25) is 0 Å². The first-order valence-corrected chi connectivity index (χ1v) is 8.27. The Kier molecular flexibility index (Phi) is 6.62. The molecule has 1 N–H and O–H groups in total. The number of nitrogens with zero attached hydrogens (tertiary/aromatic N) is 1. The maximum absolute atomic E-state index is 5.70. The lowest BCUT2D eigenvalue weighted by atomic mass is 10.0. The molecule has 0 amide bonds. The molecule has 112 valence electrons. The van der Waals surface area contributed by atoms with Crippen LogP contribution in [0.3, 0.4) is 0 Å². The number of piperidine rings is 1. The van der Waals surface area contributed by atoms with Crippen LogP contribution in [0.1, 0.15) is 46.0 Å². The maximum atomic E-state index is 5.70. The summed E-state index contributed by atoms with van der Waals surface area (Å²) in [5.41, 5.74) is 0. The van der Waals surface area contributed by atoms with E-state index in [0.717, 1.165) is 37.6 Å². The van der Waals surface area contributed by atoms with Gasteiger partial charge >= 0.3 is 0 Å². The summed E-state index contributed by atoms with van der Waals surface area (Å²) in [4.78, 5) is 2.56. The van der Waals surface area contributed by atoms with E-state index in [1.165, 1.54) is 51.7 Å². The Labute approximate surface area is 119 Å². The van der Waals surface area contributed by atoms with Crippen molar-refractivity contribution < 1.29 is 4.74 Å². The second-order valence-electron chi connectivity index (χ2n) is 6.76. The van der Waals surface area contributed by atoms with E-state index < -0.39 is 0 Å². The second-order valence-corrected chi connectivity index (χ2v) is 6.76. The molecule has 1 saturated carbocycles. The molecule has 2 fully saturated rings. The number of ether oxygens (including phenoxy) is 1. The largest absolute Gasteiger partial charge is 0.380 e. The SMILES string of the molecule is CC(C)CCOCCN1CCC(NCC2CC2)CC1. The highest BCUT2D eigenvalue weighted by atomic mass is 16.5. The molecule has 0 radical (unpaired) electrons. The summed E-state index contributed by atoms with van der Waals surface area (Å²) in [6, 6.07) is 0.777. The molecule has 2 aliphatic rings. The highest BCUT2D eigenvalue weighted by Gasteiger charge is 2.24. The van der Waals surface area contributed by atoms with E-state index in [1.807, 2.05) is 0 Å². The molecule has 0 aromatic carbocycles. The lowest BCUT2D eigenvalue weighted by Gasteiger charge is -2.32. The number of hydrogen-bond acceptors (Lipinski definition) is 3. The Bertz CT molecular complexity index is 230. The van der Waals surface area contributed by atoms with Gasteiger partial charge in [-0.05, 0) is 63.6 Å². The van der Waals surface area contributed by atoms with Crippen molar-refractivity contribution in [3.63, 3.8) is 0 Å². The van der Waals surface area contributed by atoms with Gasteiger partial charge in [-0.25, -0.2) is 0 Å². The van der Waals surface area contributed by atoms with Crippen LogP contribution in [-0.4, -0.2) is 50.3 Å². The summed E-state index contributed by atoms with van der Waals surface area (Å²) >= 11 is 0. The first kappa shape index (κ1) is 15.3. The minimum absolute atomic E-state index is 0.758. The molecular formula is C16H32N2O. The van der Waals surface area contributed by atoms with Crippen molar-refractivity contribution in [3.8, 4) is 0 Å². The van der Waals surface area contributed by atoms with Gasteiger partial charge < -0.3 is 15.0 Å². The fourth-order valence-electron chi connectivity index (χ4n) is 2.63. The molecule has 1 saturated heterocycles. The highest BCUT2D eigenvalue weighted by Crippen LogP contribution is 2.28. The first-order chi connectivity index (χ1) is 9.24. The topological polar surface area (TPSA) is 24.5 Å². The third kappa shape index (κ3) is 6.73. The third-order valence-corrected chi connectivity index (χ3v) is 4.37. The van der Waals surface area contributed by atoms with E-state index in [-0.39, 0.29) is 0 Å². The molecule has 3 heteroatoms. The van der Waals surface area contributed by atoms with Gasteiger partial charge in [0.15, 0.2) is 0 Å². The first-order valence-electron chi connectivity index (χ1n) is 8.27. The number of hydrogen-bond donors (Lipinski definition) is 1. The van der Waals surface area contributed by atoms with Gasteiger partial charge in [-0.2, -0.15) is 0 Å². The summed E-state index contributed by atoms with van der Waals surface area (Å²) in [6.45, 7) is 11.2. The molecular weight excluding hydrogens is 236 g/mol. The Morgan fingerprint density at radius 1 is 1.11 bits per heavy atom. The number of rotatable bonds is 9. The monoisotopic (exact) mass is 268 g/mol. The number of likely N-dealkylation sites (tertiary alicyclic amines) is 1. The van der Waals surface area contributed by atoms with Crippen molar-refractivity contribution in [1.29, 1.82) is 0 Å². The lowest BCUT2D eigenvalue weighted by Crippen LogP contribution is -2.44. The van der Waals surface area contributed by atoms with Crippen molar-refractivity contribution in [2.45, 2.75) is 52.0 Å². The van der Waals surface area contributed by atoms with Crippen LogP contribution < -0.4 is 5.32 Å². The Morgan fingerprint density at radius 3 is 2.47 bits per heavy atom. The molecule has 1 heterocycles. The summed E-state index contributed by atoms with van der Waals surface area (Å²) in [5.74, 6) is 1.76. The van der Waals surface area contributed by atoms with Crippen LogP contribution in [-0.2, 0) is 4.74 Å². The van der Waals surface area contributed by atoms with Crippen LogP contribution in [0.5, 0.6) is 0 Å². The summed E-state index contributed by atoms with van der Waals surface area (Å²) < 4.78 is 5.70. The van der Waals surface area contributed by atoms with Gasteiger partial charge in [-0.1, -0.05) is 13.8 Å². The Hall–Kier alpha value is -0.120. The van der Waals surface area contributed by atoms with Crippen LogP contribution >= 0.6 is 0 Å². The maximum Gasteiger partial charge on any atom is 0.0593 e. The van der Waals surface area contributed by atoms with Gasteiger partial charge in [0.25, 0.3) is 0 Å². The van der Waals surface area contributed by atoms with Crippen LogP contribution in [0.2, 0.25) is 0 Å². The van der Waals surface area contributed by atoms with Crippen molar-refractivity contribution >= 4 is 0 Å². The minimum Gasteiger partial charge on any atom is -0.380 e. The van der Waals surface area contributed by atoms with Crippen LogP contribution in [0.4, 0.5) is 0 Å². The van der Waals surface area contributed by atoms with Crippen molar-refractivity contribution in [2.75, 3.05) is 39.4 Å². The fourth-order valence-corrected chi connectivity index (χ4v) is 2.63. The van der Waals surface area contributed by atoms with E-state index in [2.05, 4.69) is 24.1 Å². The van der Waals surface area contributed by atoms with Gasteiger partial charge in [-0.15, -0.1) is 0 Å². The zero-order chi connectivity index (χ0) is 13.5. The molecule has 0 bridgehead atoms. The highest BCUT2D eigenvalue weighted by molar-refractivity contribution is 4.81. The lowest BCUT2D eigenvalue weighted by molar-refractivity contribution is 0.0856. The fraction of sp³-hybridized carbons (Fsp3) is 1.00. The molecule has 0 spiro atoms. The smallest absolute Gasteiger partial charge is 0.0593 e. The van der Waals surface area contributed by atoms with E-state index in [9.17, 15) is 0 Å². The van der Waals surface area contributed by atoms with Crippen molar-refractivity contribution in [3.05, 3.63) is 0 Å². The van der Waals surface area contributed by atoms with Crippen LogP contribution in [0, 0.1) is 11.8 Å². The molecule has 0 aromatic rings. The summed E-state index contributed by atoms with van der Waals surface area (Å²) in [6.07, 6.45) is 6.74. The average molecular weight is 268 g/mol. The second kappa shape index (κ2) is 8.23. The van der Waals surface area contributed by atoms with E-state index >= 15 is 0 Å². The standard InChI is InChI=1S/C16H32N2O/c1-14(2)7-11-19-12-10-18-8-5-16(6-9-18)17-13-15-3-4-15/h14-17H,3-13H2,1-2H3. The zero-order valence-electron chi connectivity index (χ0n) is 12.9. The van der Waals surface area contributed by atoms with Gasteiger partial charge in [0.1, 0.15) is 0 Å².